The molecule has 1 unspecified atom stereocenters. The lowest BCUT2D eigenvalue weighted by Crippen LogP contribution is -2.53. The fourth-order valence-corrected chi connectivity index (χ4v) is 2.87. The normalized spacial score (nSPS) is 16.2. The highest BCUT2D eigenvalue weighted by atomic mass is 35.5. The molecule has 1 heterocycles. The minimum atomic E-state index is -0.371. The van der Waals surface area contributed by atoms with Crippen molar-refractivity contribution in [3.63, 3.8) is 0 Å². The van der Waals surface area contributed by atoms with Gasteiger partial charge in [0.05, 0.1) is 21.3 Å². The average Bonchev–Trinajstić information content (AvgIpc) is 3.28. The van der Waals surface area contributed by atoms with Crippen molar-refractivity contribution < 1.29 is 4.79 Å². The van der Waals surface area contributed by atoms with Crippen molar-refractivity contribution in [2.75, 3.05) is 6.54 Å². The van der Waals surface area contributed by atoms with Crippen LogP contribution in [0.3, 0.4) is 0 Å². The minimum Gasteiger partial charge on any atom is -0.344 e. The monoisotopic (exact) mass is 388 g/mol. The van der Waals surface area contributed by atoms with E-state index in [2.05, 4.69) is 10.4 Å². The molecule has 5 nitrogen and oxygen atoms in total. The van der Waals surface area contributed by atoms with E-state index in [0.29, 0.717) is 28.2 Å². The van der Waals surface area contributed by atoms with Gasteiger partial charge in [-0.25, -0.2) is 4.68 Å². The molecule has 1 aromatic heterocycles. The Kier molecular flexibility index (Phi) is 5.81. The Morgan fingerprint density at radius 3 is 2.67 bits per heavy atom. The molecule has 3 N–H and O–H groups in total. The topological polar surface area (TPSA) is 72.9 Å². The van der Waals surface area contributed by atoms with Crippen LogP contribution in [0.15, 0.2) is 30.5 Å². The predicted octanol–water partition coefficient (Wildman–Crippen LogP) is 3.46. The number of carbonyl (C=O) groups is 1. The molecule has 1 aliphatic carbocycles. The minimum absolute atomic E-state index is 0. The number of nitrogens with zero attached hydrogens (tertiary/aromatic N) is 2. The summed E-state index contributed by atoms with van der Waals surface area (Å²) in [5, 5.41) is 8.25. The molecule has 3 rings (SSSR count). The highest BCUT2D eigenvalue weighted by Gasteiger charge is 2.41. The first-order chi connectivity index (χ1) is 10.9. The molecule has 0 spiro atoms. The first-order valence-corrected chi connectivity index (χ1v) is 8.22. The van der Waals surface area contributed by atoms with Gasteiger partial charge in [-0.15, -0.1) is 12.4 Å². The number of nitrogens with two attached hydrogens (primary N) is 1. The molecule has 1 saturated carbocycles. The number of benzene rings is 1. The summed E-state index contributed by atoms with van der Waals surface area (Å²) in [5.74, 6) is 0.234. The number of amides is 1. The number of rotatable bonds is 5. The molecule has 1 aromatic carbocycles. The number of hydrogen-bond donors (Lipinski definition) is 2. The molecule has 24 heavy (non-hydrogen) atoms. The van der Waals surface area contributed by atoms with E-state index in [1.54, 1.807) is 35.1 Å². The Hall–Kier alpha value is -1.27. The van der Waals surface area contributed by atoms with Gasteiger partial charge >= 0.3 is 0 Å². The zero-order valence-electron chi connectivity index (χ0n) is 13.1. The van der Waals surface area contributed by atoms with Crippen molar-refractivity contribution in [1.82, 2.24) is 15.1 Å². The van der Waals surface area contributed by atoms with Gasteiger partial charge in [-0.2, -0.15) is 5.10 Å². The number of carbonyl (C=O) groups excluding carboxylic acids is 1. The van der Waals surface area contributed by atoms with Crippen molar-refractivity contribution in [1.29, 1.82) is 0 Å². The third-order valence-corrected chi connectivity index (χ3v) is 5.03. The Bertz CT molecular complexity index is 745. The molecule has 2 aromatic rings. The van der Waals surface area contributed by atoms with E-state index >= 15 is 0 Å². The summed E-state index contributed by atoms with van der Waals surface area (Å²) in [4.78, 5) is 12.4. The van der Waals surface area contributed by atoms with Crippen molar-refractivity contribution in [3.05, 3.63) is 46.2 Å². The van der Waals surface area contributed by atoms with Crippen LogP contribution in [0.5, 0.6) is 0 Å². The molecule has 0 radical (unpaired) electrons. The Balaban J connectivity index is 0.00000208. The van der Waals surface area contributed by atoms with E-state index in [4.69, 9.17) is 28.9 Å². The fraction of sp³-hybridized carbons (Fsp3) is 0.375. The standard InChI is InChI=1S/C16H18Cl2N4O.ClH/c1-16(9-19,10-2-3-10)20-15(23)14-6-7-22(21-14)11-4-5-12(17)13(18)8-11;/h4-8,10H,2-3,9,19H2,1H3,(H,20,23);1H. The van der Waals surface area contributed by atoms with E-state index in [-0.39, 0.29) is 23.9 Å². The van der Waals surface area contributed by atoms with Gasteiger partial charge in [-0.3, -0.25) is 4.79 Å². The summed E-state index contributed by atoms with van der Waals surface area (Å²) in [7, 11) is 0. The van der Waals surface area contributed by atoms with Gasteiger partial charge in [0.1, 0.15) is 0 Å². The van der Waals surface area contributed by atoms with E-state index in [1.807, 2.05) is 6.92 Å². The van der Waals surface area contributed by atoms with Crippen LogP contribution in [0.25, 0.3) is 5.69 Å². The van der Waals surface area contributed by atoms with Crippen LogP contribution >= 0.6 is 35.6 Å². The lowest BCUT2D eigenvalue weighted by atomic mass is 9.96. The van der Waals surface area contributed by atoms with Crippen molar-refractivity contribution in [2.24, 2.45) is 11.7 Å². The summed E-state index contributed by atoms with van der Waals surface area (Å²) < 4.78 is 1.59. The Morgan fingerprint density at radius 1 is 1.38 bits per heavy atom. The van der Waals surface area contributed by atoms with Gasteiger partial charge in [0.2, 0.25) is 0 Å². The van der Waals surface area contributed by atoms with Crippen LogP contribution in [-0.2, 0) is 0 Å². The molecule has 130 valence electrons. The highest BCUT2D eigenvalue weighted by Crippen LogP contribution is 2.39. The lowest BCUT2D eigenvalue weighted by molar-refractivity contribution is 0.0892. The van der Waals surface area contributed by atoms with E-state index in [1.165, 1.54) is 0 Å². The maximum absolute atomic E-state index is 12.4. The van der Waals surface area contributed by atoms with E-state index < -0.39 is 0 Å². The maximum Gasteiger partial charge on any atom is 0.272 e. The molecule has 1 amide bonds. The second kappa shape index (κ2) is 7.31. The van der Waals surface area contributed by atoms with Gasteiger partial charge < -0.3 is 11.1 Å². The molecule has 1 fully saturated rings. The van der Waals surface area contributed by atoms with Crippen LogP contribution in [0.4, 0.5) is 0 Å². The quantitative estimate of drug-likeness (QED) is 0.822. The SMILES string of the molecule is CC(CN)(NC(=O)c1ccn(-c2ccc(Cl)c(Cl)c2)n1)C1CC1.Cl. The van der Waals surface area contributed by atoms with Gasteiger partial charge in [0.15, 0.2) is 5.69 Å². The number of halogens is 3. The van der Waals surface area contributed by atoms with Gasteiger partial charge in [-0.1, -0.05) is 23.2 Å². The molecular weight excluding hydrogens is 371 g/mol. The molecule has 0 aliphatic heterocycles. The average molecular weight is 390 g/mol. The van der Waals surface area contributed by atoms with Crippen LogP contribution < -0.4 is 11.1 Å². The molecule has 0 saturated heterocycles. The van der Waals surface area contributed by atoms with Crippen LogP contribution in [0.1, 0.15) is 30.3 Å². The summed E-state index contributed by atoms with van der Waals surface area (Å²) in [6.45, 7) is 2.40. The van der Waals surface area contributed by atoms with Gasteiger partial charge in [0.25, 0.3) is 5.91 Å². The number of aromatic nitrogens is 2. The van der Waals surface area contributed by atoms with Crippen molar-refractivity contribution >= 4 is 41.5 Å². The fourth-order valence-electron chi connectivity index (χ4n) is 2.58. The zero-order chi connectivity index (χ0) is 16.6. The maximum atomic E-state index is 12.4. The summed E-state index contributed by atoms with van der Waals surface area (Å²) >= 11 is 11.9. The van der Waals surface area contributed by atoms with Gasteiger partial charge in [0, 0.05) is 12.7 Å². The van der Waals surface area contributed by atoms with Crippen LogP contribution in [0.2, 0.25) is 10.0 Å². The van der Waals surface area contributed by atoms with Gasteiger partial charge in [-0.05, 0) is 49.9 Å². The van der Waals surface area contributed by atoms with E-state index in [9.17, 15) is 4.79 Å². The summed E-state index contributed by atoms with van der Waals surface area (Å²) in [6, 6.07) is 6.85. The largest absolute Gasteiger partial charge is 0.344 e. The number of hydrogen-bond acceptors (Lipinski definition) is 3. The third-order valence-electron chi connectivity index (χ3n) is 4.29. The number of nitrogens with one attached hydrogen (secondary N) is 1. The van der Waals surface area contributed by atoms with Crippen LogP contribution in [-0.4, -0.2) is 27.8 Å². The Morgan fingerprint density at radius 2 is 2.08 bits per heavy atom. The summed E-state index contributed by atoms with van der Waals surface area (Å²) in [6.07, 6.45) is 3.92. The zero-order valence-corrected chi connectivity index (χ0v) is 15.5. The smallest absolute Gasteiger partial charge is 0.272 e. The molecule has 0 bridgehead atoms. The van der Waals surface area contributed by atoms with Crippen molar-refractivity contribution in [3.8, 4) is 5.69 Å². The Labute approximate surface area is 156 Å². The van der Waals surface area contributed by atoms with Crippen molar-refractivity contribution in [2.45, 2.75) is 25.3 Å². The molecule has 1 atom stereocenters. The first kappa shape index (κ1) is 19.1. The highest BCUT2D eigenvalue weighted by molar-refractivity contribution is 6.42. The third kappa shape index (κ3) is 3.86. The lowest BCUT2D eigenvalue weighted by Gasteiger charge is -2.29. The molecule has 1 aliphatic rings. The second-order valence-electron chi connectivity index (χ2n) is 6.09. The second-order valence-corrected chi connectivity index (χ2v) is 6.91. The first-order valence-electron chi connectivity index (χ1n) is 7.46. The van der Waals surface area contributed by atoms with E-state index in [0.717, 1.165) is 18.5 Å². The molecular formula is C16H19Cl3N4O. The molecule has 8 heteroatoms. The summed E-state index contributed by atoms with van der Waals surface area (Å²) in [5.41, 5.74) is 6.55. The van der Waals surface area contributed by atoms with Crippen LogP contribution in [0, 0.1) is 5.92 Å². The predicted molar refractivity (Wildman–Crippen MR) is 98.5 cm³/mol.